The lowest BCUT2D eigenvalue weighted by atomic mass is 9.87. The first kappa shape index (κ1) is 18.6. The van der Waals surface area contributed by atoms with E-state index in [-0.39, 0.29) is 24.2 Å². The predicted octanol–water partition coefficient (Wildman–Crippen LogP) is 2.88. The summed E-state index contributed by atoms with van der Waals surface area (Å²) in [5.41, 5.74) is 6.88. The smallest absolute Gasteiger partial charge is 0.274 e. The largest absolute Gasteiger partial charge is 0.369 e. The lowest BCUT2D eigenvalue weighted by Crippen LogP contribution is -2.47. The normalized spacial score (nSPS) is 19.2. The Bertz CT molecular complexity index is 1150. The number of rotatable bonds is 3. The molecule has 0 spiro atoms. The van der Waals surface area contributed by atoms with E-state index in [1.165, 1.54) is 4.90 Å². The third-order valence-electron chi connectivity index (χ3n) is 5.21. The maximum Gasteiger partial charge on any atom is 0.274 e. The van der Waals surface area contributed by atoms with Crippen LogP contribution in [0, 0.1) is 0 Å². The highest BCUT2D eigenvalue weighted by atomic mass is 16.2. The zero-order valence-corrected chi connectivity index (χ0v) is 16.2. The second-order valence-corrected chi connectivity index (χ2v) is 7.29. The van der Waals surface area contributed by atoms with E-state index in [1.54, 1.807) is 19.3 Å². The minimum atomic E-state index is -0.786. The van der Waals surface area contributed by atoms with Gasteiger partial charge in [0.25, 0.3) is 5.91 Å². The van der Waals surface area contributed by atoms with Gasteiger partial charge in [0.2, 0.25) is 5.91 Å². The zero-order chi connectivity index (χ0) is 20.6. The van der Waals surface area contributed by atoms with E-state index in [2.05, 4.69) is 15.3 Å². The number of benzene rings is 2. The fourth-order valence-electron chi connectivity index (χ4n) is 3.50. The molecule has 0 aliphatic carbocycles. The van der Waals surface area contributed by atoms with Crippen LogP contribution in [0.1, 0.15) is 29.4 Å². The third-order valence-corrected chi connectivity index (χ3v) is 5.21. The molecule has 1 atom stereocenters. The number of aliphatic imine (C=N–C) groups is 1. The van der Waals surface area contributed by atoms with Crippen molar-refractivity contribution in [1.29, 1.82) is 0 Å². The summed E-state index contributed by atoms with van der Waals surface area (Å²) in [7, 11) is 1.61. The second kappa shape index (κ2) is 7.01. The van der Waals surface area contributed by atoms with Gasteiger partial charge in [0.1, 0.15) is 5.69 Å². The Labute approximate surface area is 168 Å². The highest BCUT2D eigenvalue weighted by molar-refractivity contribution is 6.11. The molecule has 0 saturated heterocycles. The summed E-state index contributed by atoms with van der Waals surface area (Å²) in [6, 6.07) is 16.8. The molecule has 0 saturated carbocycles. The van der Waals surface area contributed by atoms with Crippen LogP contribution in [0.4, 0.5) is 5.69 Å². The summed E-state index contributed by atoms with van der Waals surface area (Å²) < 4.78 is 0. The van der Waals surface area contributed by atoms with Crippen molar-refractivity contribution in [3.05, 3.63) is 72.1 Å². The molecule has 4 rings (SSSR count). The van der Waals surface area contributed by atoms with Crippen LogP contribution >= 0.6 is 0 Å². The fraction of sp³-hybridized carbons (Fsp3) is 0.182. The SMILES string of the molecule is CN1C(=O)C[C@@](C)(c2cccc(NC(=O)c3nccc4ccccc34)c2)N=C1N. The number of nitrogens with zero attached hydrogens (tertiary/aromatic N) is 3. The molecule has 146 valence electrons. The molecule has 0 fully saturated rings. The number of carbonyl (C=O) groups is 2. The molecule has 2 amide bonds. The van der Waals surface area contributed by atoms with Crippen LogP contribution in [0.25, 0.3) is 10.8 Å². The van der Waals surface area contributed by atoms with Gasteiger partial charge < -0.3 is 11.1 Å². The Hall–Kier alpha value is -3.74. The molecule has 29 heavy (non-hydrogen) atoms. The first-order chi connectivity index (χ1) is 13.9. The Morgan fingerprint density at radius 2 is 1.97 bits per heavy atom. The molecule has 2 heterocycles. The van der Waals surface area contributed by atoms with E-state index in [0.717, 1.165) is 16.3 Å². The number of amides is 2. The van der Waals surface area contributed by atoms with Gasteiger partial charge in [0, 0.05) is 24.3 Å². The van der Waals surface area contributed by atoms with Crippen LogP contribution < -0.4 is 11.1 Å². The van der Waals surface area contributed by atoms with Crippen molar-refractivity contribution in [2.45, 2.75) is 18.9 Å². The van der Waals surface area contributed by atoms with E-state index in [4.69, 9.17) is 5.73 Å². The van der Waals surface area contributed by atoms with E-state index in [1.807, 2.05) is 55.5 Å². The molecule has 2 aromatic carbocycles. The Morgan fingerprint density at radius 3 is 2.76 bits per heavy atom. The third kappa shape index (κ3) is 3.42. The minimum absolute atomic E-state index is 0.102. The van der Waals surface area contributed by atoms with E-state index in [0.29, 0.717) is 11.4 Å². The maximum atomic E-state index is 12.9. The molecule has 3 aromatic rings. The molecular weight excluding hydrogens is 366 g/mol. The number of hydrogen-bond donors (Lipinski definition) is 2. The number of fused-ring (bicyclic) bond motifs is 1. The maximum absolute atomic E-state index is 12.9. The molecule has 1 aliphatic heterocycles. The first-order valence-electron chi connectivity index (χ1n) is 9.25. The molecule has 0 radical (unpaired) electrons. The number of aromatic nitrogens is 1. The van der Waals surface area contributed by atoms with Crippen LogP contribution in [0.5, 0.6) is 0 Å². The van der Waals surface area contributed by atoms with Crippen molar-refractivity contribution in [2.75, 3.05) is 12.4 Å². The van der Waals surface area contributed by atoms with E-state index < -0.39 is 5.54 Å². The average molecular weight is 387 g/mol. The van der Waals surface area contributed by atoms with Crippen molar-refractivity contribution < 1.29 is 9.59 Å². The molecule has 1 aromatic heterocycles. The summed E-state index contributed by atoms with van der Waals surface area (Å²) in [6.45, 7) is 1.86. The van der Waals surface area contributed by atoms with Gasteiger partial charge in [-0.15, -0.1) is 0 Å². The lowest BCUT2D eigenvalue weighted by molar-refractivity contribution is -0.128. The number of carbonyl (C=O) groups excluding carboxylic acids is 2. The topological polar surface area (TPSA) is 101 Å². The molecular formula is C22H21N5O2. The van der Waals surface area contributed by atoms with Crippen molar-refractivity contribution in [3.8, 4) is 0 Å². The molecule has 0 unspecified atom stereocenters. The molecule has 7 heteroatoms. The Balaban J connectivity index is 1.64. The molecule has 1 aliphatic rings. The number of pyridine rings is 1. The van der Waals surface area contributed by atoms with Gasteiger partial charge in [0.15, 0.2) is 5.96 Å². The van der Waals surface area contributed by atoms with Gasteiger partial charge >= 0.3 is 0 Å². The number of guanidine groups is 1. The Morgan fingerprint density at radius 1 is 1.17 bits per heavy atom. The number of nitrogens with two attached hydrogens (primary N) is 1. The highest BCUT2D eigenvalue weighted by Crippen LogP contribution is 2.34. The summed E-state index contributed by atoms with van der Waals surface area (Å²) in [4.78, 5) is 35.2. The fourth-order valence-corrected chi connectivity index (χ4v) is 3.50. The minimum Gasteiger partial charge on any atom is -0.369 e. The van der Waals surface area contributed by atoms with Gasteiger partial charge in [-0.2, -0.15) is 0 Å². The van der Waals surface area contributed by atoms with E-state index >= 15 is 0 Å². The van der Waals surface area contributed by atoms with Crippen LogP contribution in [0.3, 0.4) is 0 Å². The first-order valence-corrected chi connectivity index (χ1v) is 9.25. The summed E-state index contributed by atoms with van der Waals surface area (Å²) in [5.74, 6) is -0.223. The van der Waals surface area contributed by atoms with Gasteiger partial charge in [-0.05, 0) is 36.1 Å². The van der Waals surface area contributed by atoms with Crippen LogP contribution in [0.2, 0.25) is 0 Å². The quantitative estimate of drug-likeness (QED) is 0.721. The van der Waals surface area contributed by atoms with Crippen LogP contribution in [0.15, 0.2) is 65.8 Å². The van der Waals surface area contributed by atoms with Crippen molar-refractivity contribution >= 4 is 34.2 Å². The van der Waals surface area contributed by atoms with Crippen molar-refractivity contribution in [2.24, 2.45) is 10.7 Å². The van der Waals surface area contributed by atoms with Gasteiger partial charge in [0.05, 0.1) is 12.0 Å². The van der Waals surface area contributed by atoms with Crippen LogP contribution in [-0.4, -0.2) is 34.7 Å². The lowest BCUT2D eigenvalue weighted by Gasteiger charge is -2.33. The summed E-state index contributed by atoms with van der Waals surface area (Å²) in [5, 5.41) is 4.64. The summed E-state index contributed by atoms with van der Waals surface area (Å²) in [6.07, 6.45) is 1.82. The van der Waals surface area contributed by atoms with Gasteiger partial charge in [-0.25, -0.2) is 4.99 Å². The van der Waals surface area contributed by atoms with Crippen LogP contribution in [-0.2, 0) is 10.3 Å². The average Bonchev–Trinajstić information content (AvgIpc) is 2.71. The molecule has 0 bridgehead atoms. The van der Waals surface area contributed by atoms with Crippen molar-refractivity contribution in [3.63, 3.8) is 0 Å². The molecule has 7 nitrogen and oxygen atoms in total. The number of hydrogen-bond acceptors (Lipinski definition) is 5. The second-order valence-electron chi connectivity index (χ2n) is 7.29. The predicted molar refractivity (Wildman–Crippen MR) is 112 cm³/mol. The number of nitrogens with one attached hydrogen (secondary N) is 1. The van der Waals surface area contributed by atoms with Gasteiger partial charge in [-0.1, -0.05) is 36.4 Å². The van der Waals surface area contributed by atoms with E-state index in [9.17, 15) is 9.59 Å². The summed E-state index contributed by atoms with van der Waals surface area (Å²) >= 11 is 0. The highest BCUT2D eigenvalue weighted by Gasteiger charge is 2.36. The molecule has 3 N–H and O–H groups in total. The van der Waals surface area contributed by atoms with Crippen molar-refractivity contribution in [1.82, 2.24) is 9.88 Å². The number of anilines is 1. The zero-order valence-electron chi connectivity index (χ0n) is 16.2. The monoisotopic (exact) mass is 387 g/mol. The van der Waals surface area contributed by atoms with Gasteiger partial charge in [-0.3, -0.25) is 19.5 Å². The standard InChI is InChI=1S/C22H21N5O2/c1-22(13-18(28)27(2)21(23)26-22)15-7-5-8-16(12-15)25-20(29)19-17-9-4-3-6-14(17)10-11-24-19/h3-12H,13H2,1-2H3,(H2,23,26)(H,25,29)/t22-/m0/s1. The Kier molecular flexibility index (Phi) is 4.50.